The largest absolute Gasteiger partial charge is 0.478 e. The third-order valence-corrected chi connectivity index (χ3v) is 3.02. The molecule has 0 aliphatic carbocycles. The Hall–Kier alpha value is -2.07. The molecule has 4 nitrogen and oxygen atoms in total. The number of Topliss-reactive ketones (excluding diaryl/α,β-unsaturated/α-hetero) is 1. The van der Waals surface area contributed by atoms with Crippen molar-refractivity contribution in [3.63, 3.8) is 0 Å². The number of rotatable bonds is 2. The van der Waals surface area contributed by atoms with Crippen LogP contribution >= 0.6 is 0 Å². The van der Waals surface area contributed by atoms with Crippen LogP contribution in [0.1, 0.15) is 22.2 Å². The number of carbonyl (C=O) groups is 1. The summed E-state index contributed by atoms with van der Waals surface area (Å²) in [5.41, 5.74) is 0.548. The predicted octanol–water partition coefficient (Wildman–Crippen LogP) is 2.61. The summed E-state index contributed by atoms with van der Waals surface area (Å²) in [5, 5.41) is 0. The highest BCUT2D eigenvalue weighted by molar-refractivity contribution is 6.03. The number of para-hydroxylation sites is 1. The average molecular weight is 244 g/mol. The minimum absolute atomic E-state index is 0.0826. The van der Waals surface area contributed by atoms with Crippen molar-refractivity contribution in [3.8, 4) is 5.75 Å². The van der Waals surface area contributed by atoms with Crippen LogP contribution in [0.4, 0.5) is 0 Å². The van der Waals surface area contributed by atoms with Crippen molar-refractivity contribution < 1.29 is 18.7 Å². The van der Waals surface area contributed by atoms with E-state index in [2.05, 4.69) is 0 Å². The summed E-state index contributed by atoms with van der Waals surface area (Å²) >= 11 is 0. The highest BCUT2D eigenvalue weighted by Crippen LogP contribution is 2.36. The third kappa shape index (κ3) is 1.62. The lowest BCUT2D eigenvalue weighted by molar-refractivity contribution is -0.00821. The number of fused-ring (bicyclic) bond motifs is 1. The molecule has 2 aromatic rings. The molecule has 0 bridgehead atoms. The average Bonchev–Trinajstić information content (AvgIpc) is 2.92. The van der Waals surface area contributed by atoms with Gasteiger partial charge in [-0.25, -0.2) is 0 Å². The number of hydrogen-bond donors (Lipinski definition) is 0. The molecular formula is C14H12O4. The zero-order valence-corrected chi connectivity index (χ0v) is 9.83. The fraction of sp³-hybridized carbons (Fsp3) is 0.214. The van der Waals surface area contributed by atoms with E-state index in [1.54, 1.807) is 36.6 Å². The number of methoxy groups -OCH3 is 1. The Morgan fingerprint density at radius 1 is 1.17 bits per heavy atom. The van der Waals surface area contributed by atoms with Crippen LogP contribution in [0.2, 0.25) is 0 Å². The summed E-state index contributed by atoms with van der Waals surface area (Å²) in [7, 11) is 1.50. The number of ketones is 1. The maximum Gasteiger partial charge on any atom is 0.199 e. The zero-order valence-electron chi connectivity index (χ0n) is 9.83. The molecule has 0 amide bonds. The van der Waals surface area contributed by atoms with Crippen molar-refractivity contribution >= 4 is 5.78 Å². The van der Waals surface area contributed by atoms with E-state index in [1.807, 2.05) is 6.07 Å². The fourth-order valence-electron chi connectivity index (χ4n) is 2.15. The molecule has 92 valence electrons. The van der Waals surface area contributed by atoms with Gasteiger partial charge in [0, 0.05) is 7.11 Å². The molecule has 18 heavy (non-hydrogen) atoms. The fourth-order valence-corrected chi connectivity index (χ4v) is 2.15. The van der Waals surface area contributed by atoms with Crippen LogP contribution in [0.3, 0.4) is 0 Å². The van der Waals surface area contributed by atoms with Crippen molar-refractivity contribution in [2.75, 3.05) is 7.11 Å². The number of hydrogen-bond acceptors (Lipinski definition) is 4. The lowest BCUT2D eigenvalue weighted by Gasteiger charge is -2.30. The van der Waals surface area contributed by atoms with Crippen LogP contribution in [-0.2, 0) is 4.74 Å². The van der Waals surface area contributed by atoms with Gasteiger partial charge in [0.1, 0.15) is 11.5 Å². The first kappa shape index (κ1) is 11.0. The molecule has 0 saturated carbocycles. The highest BCUT2D eigenvalue weighted by Gasteiger charge is 2.39. The molecule has 2 atom stereocenters. The number of ether oxygens (including phenoxy) is 2. The van der Waals surface area contributed by atoms with E-state index in [0.29, 0.717) is 17.1 Å². The van der Waals surface area contributed by atoms with Gasteiger partial charge in [0.2, 0.25) is 0 Å². The van der Waals surface area contributed by atoms with Gasteiger partial charge in [-0.3, -0.25) is 4.79 Å². The normalized spacial score (nSPS) is 22.4. The Kier molecular flexibility index (Phi) is 2.64. The Morgan fingerprint density at radius 3 is 2.72 bits per heavy atom. The Morgan fingerprint density at radius 2 is 2.00 bits per heavy atom. The second-order valence-electron chi connectivity index (χ2n) is 4.07. The summed E-state index contributed by atoms with van der Waals surface area (Å²) < 4.78 is 16.4. The van der Waals surface area contributed by atoms with Gasteiger partial charge in [0.15, 0.2) is 18.0 Å². The molecule has 0 N–H and O–H groups in total. The molecule has 2 unspecified atom stereocenters. The monoisotopic (exact) mass is 244 g/mol. The summed E-state index contributed by atoms with van der Waals surface area (Å²) in [4.78, 5) is 12.3. The van der Waals surface area contributed by atoms with Crippen LogP contribution in [0, 0.1) is 0 Å². The molecule has 0 saturated heterocycles. The van der Waals surface area contributed by atoms with Crippen LogP contribution in [0.25, 0.3) is 0 Å². The van der Waals surface area contributed by atoms with E-state index in [1.165, 1.54) is 7.11 Å². The first-order chi connectivity index (χ1) is 8.81. The van der Waals surface area contributed by atoms with Crippen molar-refractivity contribution in [1.82, 2.24) is 0 Å². The molecule has 0 radical (unpaired) electrons. The second-order valence-corrected chi connectivity index (χ2v) is 4.07. The molecule has 1 aromatic carbocycles. The Labute approximate surface area is 104 Å². The van der Waals surface area contributed by atoms with E-state index in [0.717, 1.165) is 0 Å². The zero-order chi connectivity index (χ0) is 12.5. The van der Waals surface area contributed by atoms with Gasteiger partial charge in [-0.2, -0.15) is 0 Å². The van der Waals surface area contributed by atoms with E-state index in [-0.39, 0.29) is 5.78 Å². The first-order valence-electron chi connectivity index (χ1n) is 5.67. The maximum absolute atomic E-state index is 12.3. The van der Waals surface area contributed by atoms with E-state index >= 15 is 0 Å². The number of carbonyl (C=O) groups excluding carboxylic acids is 1. The minimum atomic E-state index is -0.675. The molecule has 3 rings (SSSR count). The van der Waals surface area contributed by atoms with Crippen molar-refractivity contribution in [1.29, 1.82) is 0 Å². The highest BCUT2D eigenvalue weighted by atomic mass is 16.5. The van der Waals surface area contributed by atoms with E-state index in [9.17, 15) is 4.79 Å². The molecule has 0 fully saturated rings. The molecule has 1 aliphatic heterocycles. The molecule has 1 aliphatic rings. The van der Waals surface area contributed by atoms with Gasteiger partial charge in [0.05, 0.1) is 11.8 Å². The van der Waals surface area contributed by atoms with Crippen LogP contribution in [-0.4, -0.2) is 19.0 Å². The standard InChI is InChI=1S/C14H12O4/c1-16-14-12(15)9-5-2-3-6-10(9)18-13(14)11-7-4-8-17-11/h2-8,13-14H,1H3. The first-order valence-corrected chi connectivity index (χ1v) is 5.67. The smallest absolute Gasteiger partial charge is 0.199 e. The maximum atomic E-state index is 12.3. The van der Waals surface area contributed by atoms with Crippen molar-refractivity contribution in [2.45, 2.75) is 12.2 Å². The van der Waals surface area contributed by atoms with Gasteiger partial charge in [-0.15, -0.1) is 0 Å². The van der Waals surface area contributed by atoms with Crippen LogP contribution in [0.5, 0.6) is 5.75 Å². The van der Waals surface area contributed by atoms with Crippen LogP contribution < -0.4 is 4.74 Å². The van der Waals surface area contributed by atoms with Crippen LogP contribution in [0.15, 0.2) is 47.1 Å². The summed E-state index contributed by atoms with van der Waals surface area (Å²) in [6.07, 6.45) is 0.342. The van der Waals surface area contributed by atoms with E-state index in [4.69, 9.17) is 13.9 Å². The molecule has 0 spiro atoms. The molecular weight excluding hydrogens is 232 g/mol. The van der Waals surface area contributed by atoms with Crippen molar-refractivity contribution in [3.05, 3.63) is 54.0 Å². The third-order valence-electron chi connectivity index (χ3n) is 3.02. The molecule has 4 heteroatoms. The summed E-state index contributed by atoms with van der Waals surface area (Å²) in [6, 6.07) is 10.7. The second kappa shape index (κ2) is 4.31. The Bertz CT molecular complexity index is 559. The SMILES string of the molecule is COC1C(=O)c2ccccc2OC1c1ccco1. The van der Waals surface area contributed by atoms with Gasteiger partial charge < -0.3 is 13.9 Å². The quantitative estimate of drug-likeness (QED) is 0.814. The topological polar surface area (TPSA) is 48.7 Å². The summed E-state index contributed by atoms with van der Waals surface area (Å²) in [6.45, 7) is 0. The van der Waals surface area contributed by atoms with Gasteiger partial charge in [-0.05, 0) is 24.3 Å². The number of benzene rings is 1. The van der Waals surface area contributed by atoms with Crippen molar-refractivity contribution in [2.24, 2.45) is 0 Å². The molecule has 2 heterocycles. The van der Waals surface area contributed by atoms with Gasteiger partial charge >= 0.3 is 0 Å². The Balaban J connectivity index is 2.06. The van der Waals surface area contributed by atoms with Gasteiger partial charge in [0.25, 0.3) is 0 Å². The van der Waals surface area contributed by atoms with E-state index < -0.39 is 12.2 Å². The predicted molar refractivity (Wildman–Crippen MR) is 63.6 cm³/mol. The summed E-state index contributed by atoms with van der Waals surface area (Å²) in [5.74, 6) is 1.07. The van der Waals surface area contributed by atoms with Gasteiger partial charge in [-0.1, -0.05) is 12.1 Å². The number of furan rings is 1. The minimum Gasteiger partial charge on any atom is -0.478 e. The lowest BCUT2D eigenvalue weighted by Crippen LogP contribution is -2.37. The molecule has 1 aromatic heterocycles. The lowest BCUT2D eigenvalue weighted by atomic mass is 9.96.